The van der Waals surface area contributed by atoms with Crippen molar-refractivity contribution in [2.75, 3.05) is 19.8 Å². The molecule has 144 valence electrons. The third-order valence-corrected chi connectivity index (χ3v) is 5.02. The molecule has 0 saturated carbocycles. The largest absolute Gasteiger partial charge is 0.486 e. The minimum Gasteiger partial charge on any atom is -0.486 e. The van der Waals surface area contributed by atoms with E-state index in [2.05, 4.69) is 5.10 Å². The number of carbonyl (C=O) groups excluding carboxylic acids is 1. The number of amides is 1. The minimum atomic E-state index is -0.413. The van der Waals surface area contributed by atoms with Crippen molar-refractivity contribution in [2.24, 2.45) is 7.05 Å². The Morgan fingerprint density at radius 3 is 2.89 bits per heavy atom. The molecule has 0 bridgehead atoms. The zero-order valence-corrected chi connectivity index (χ0v) is 15.9. The maximum Gasteiger partial charge on any atom is 0.252 e. The van der Waals surface area contributed by atoms with Crippen LogP contribution in [-0.2, 0) is 23.1 Å². The summed E-state index contributed by atoms with van der Waals surface area (Å²) in [5.41, 5.74) is 0.655. The highest BCUT2D eigenvalue weighted by molar-refractivity contribution is 6.31. The first-order valence-corrected chi connectivity index (χ1v) is 9.45. The summed E-state index contributed by atoms with van der Waals surface area (Å²) in [6.45, 7) is 1.67. The quantitative estimate of drug-likeness (QED) is 0.783. The van der Waals surface area contributed by atoms with E-state index in [-0.39, 0.29) is 12.0 Å². The number of benzene rings is 1. The van der Waals surface area contributed by atoms with Crippen LogP contribution in [0, 0.1) is 0 Å². The molecule has 0 radical (unpaired) electrons. The van der Waals surface area contributed by atoms with Crippen molar-refractivity contribution in [1.82, 2.24) is 14.7 Å². The van der Waals surface area contributed by atoms with E-state index in [9.17, 15) is 4.79 Å². The van der Waals surface area contributed by atoms with Gasteiger partial charge in [0, 0.05) is 19.9 Å². The second kappa shape index (κ2) is 7.78. The second-order valence-corrected chi connectivity index (χ2v) is 7.22. The van der Waals surface area contributed by atoms with Crippen LogP contribution < -0.4 is 9.47 Å². The number of hydrogen-bond donors (Lipinski definition) is 0. The van der Waals surface area contributed by atoms with Gasteiger partial charge in [-0.15, -0.1) is 0 Å². The Balaban J connectivity index is 1.51. The van der Waals surface area contributed by atoms with E-state index in [1.54, 1.807) is 22.8 Å². The molecule has 27 heavy (non-hydrogen) atoms. The first-order chi connectivity index (χ1) is 13.1. The molecular weight excluding hydrogens is 370 g/mol. The van der Waals surface area contributed by atoms with Gasteiger partial charge in [0.1, 0.15) is 18.4 Å². The van der Waals surface area contributed by atoms with E-state index in [4.69, 9.17) is 25.8 Å². The van der Waals surface area contributed by atoms with Crippen LogP contribution in [0.5, 0.6) is 11.5 Å². The van der Waals surface area contributed by atoms with Crippen molar-refractivity contribution in [1.29, 1.82) is 0 Å². The zero-order valence-electron chi connectivity index (χ0n) is 15.1. The molecule has 2 aliphatic rings. The van der Waals surface area contributed by atoms with Crippen molar-refractivity contribution in [3.8, 4) is 11.5 Å². The van der Waals surface area contributed by atoms with E-state index in [0.717, 1.165) is 18.6 Å². The fraction of sp³-hybridized carbons (Fsp3) is 0.474. The number of hydrogen-bond acceptors (Lipinski definition) is 5. The van der Waals surface area contributed by atoms with E-state index >= 15 is 0 Å². The Bertz CT molecular complexity index is 819. The molecule has 2 atom stereocenters. The Hall–Kier alpha value is -2.25. The Morgan fingerprint density at radius 2 is 2.19 bits per heavy atom. The van der Waals surface area contributed by atoms with E-state index in [1.807, 2.05) is 24.3 Å². The number of carbonyl (C=O) groups is 1. The molecule has 4 rings (SSSR count). The number of aryl methyl sites for hydroxylation is 1. The van der Waals surface area contributed by atoms with Gasteiger partial charge >= 0.3 is 0 Å². The lowest BCUT2D eigenvalue weighted by Gasteiger charge is -2.32. The topological polar surface area (TPSA) is 65.8 Å². The lowest BCUT2D eigenvalue weighted by Crippen LogP contribution is -2.46. The fourth-order valence-electron chi connectivity index (χ4n) is 3.40. The highest BCUT2D eigenvalue weighted by Crippen LogP contribution is 2.31. The first kappa shape index (κ1) is 18.1. The van der Waals surface area contributed by atoms with Gasteiger partial charge in [0.15, 0.2) is 17.6 Å². The molecule has 7 nitrogen and oxygen atoms in total. The van der Waals surface area contributed by atoms with Crippen LogP contribution in [0.4, 0.5) is 0 Å². The van der Waals surface area contributed by atoms with Crippen molar-refractivity contribution < 1.29 is 19.0 Å². The molecule has 0 unspecified atom stereocenters. The summed E-state index contributed by atoms with van der Waals surface area (Å²) >= 11 is 6.25. The van der Waals surface area contributed by atoms with Crippen molar-refractivity contribution in [3.63, 3.8) is 0 Å². The Labute approximate surface area is 162 Å². The number of aromatic nitrogens is 2. The predicted octanol–water partition coefficient (Wildman–Crippen LogP) is 2.42. The van der Waals surface area contributed by atoms with Gasteiger partial charge < -0.3 is 19.1 Å². The van der Waals surface area contributed by atoms with E-state index < -0.39 is 6.10 Å². The van der Waals surface area contributed by atoms with Crippen LogP contribution in [0.15, 0.2) is 30.5 Å². The van der Waals surface area contributed by atoms with Gasteiger partial charge in [0.05, 0.1) is 18.1 Å². The SMILES string of the molecule is Cn1cc(Cl)c(CN(C[C@H]2COc3ccccc3O2)C(=O)[C@@H]2CCCO2)n1. The molecule has 0 aliphatic carbocycles. The summed E-state index contributed by atoms with van der Waals surface area (Å²) in [5.74, 6) is 1.35. The van der Waals surface area contributed by atoms with Crippen molar-refractivity contribution >= 4 is 17.5 Å². The van der Waals surface area contributed by atoms with E-state index in [1.165, 1.54) is 0 Å². The van der Waals surface area contributed by atoms with Crippen LogP contribution in [-0.4, -0.2) is 52.6 Å². The lowest BCUT2D eigenvalue weighted by molar-refractivity contribution is -0.143. The van der Waals surface area contributed by atoms with Gasteiger partial charge in [-0.25, -0.2) is 0 Å². The molecule has 1 aromatic carbocycles. The van der Waals surface area contributed by atoms with Gasteiger partial charge in [0.2, 0.25) is 0 Å². The van der Waals surface area contributed by atoms with Crippen LogP contribution in [0.2, 0.25) is 5.02 Å². The summed E-state index contributed by atoms with van der Waals surface area (Å²) < 4.78 is 19.0. The van der Waals surface area contributed by atoms with Gasteiger partial charge in [-0.1, -0.05) is 23.7 Å². The number of para-hydroxylation sites is 2. The summed E-state index contributed by atoms with van der Waals surface area (Å²) in [7, 11) is 1.80. The van der Waals surface area contributed by atoms with Crippen LogP contribution >= 0.6 is 11.6 Å². The monoisotopic (exact) mass is 391 g/mol. The van der Waals surface area contributed by atoms with Crippen LogP contribution in [0.1, 0.15) is 18.5 Å². The normalized spacial score (nSPS) is 21.3. The lowest BCUT2D eigenvalue weighted by atomic mass is 10.2. The molecule has 1 aromatic heterocycles. The highest BCUT2D eigenvalue weighted by Gasteiger charge is 2.32. The predicted molar refractivity (Wildman–Crippen MR) is 99.0 cm³/mol. The van der Waals surface area contributed by atoms with Crippen molar-refractivity contribution in [2.45, 2.75) is 31.6 Å². The minimum absolute atomic E-state index is 0.0586. The van der Waals surface area contributed by atoms with Gasteiger partial charge in [0.25, 0.3) is 5.91 Å². The summed E-state index contributed by atoms with van der Waals surface area (Å²) in [5, 5.41) is 4.90. The Kier molecular flexibility index (Phi) is 5.22. The molecule has 2 aromatic rings. The fourth-order valence-corrected chi connectivity index (χ4v) is 3.64. The summed E-state index contributed by atoms with van der Waals surface area (Å²) in [6.07, 6.45) is 2.67. The molecule has 0 spiro atoms. The zero-order chi connectivity index (χ0) is 18.8. The average molecular weight is 392 g/mol. The van der Waals surface area contributed by atoms with Crippen LogP contribution in [0.25, 0.3) is 0 Å². The molecule has 2 aliphatic heterocycles. The first-order valence-electron chi connectivity index (χ1n) is 9.07. The van der Waals surface area contributed by atoms with E-state index in [0.29, 0.717) is 42.8 Å². The third kappa shape index (κ3) is 4.04. The summed E-state index contributed by atoms with van der Waals surface area (Å²) in [4.78, 5) is 14.7. The van der Waals surface area contributed by atoms with Gasteiger partial charge in [-0.2, -0.15) is 5.10 Å². The highest BCUT2D eigenvalue weighted by atomic mass is 35.5. The number of fused-ring (bicyclic) bond motifs is 1. The molecule has 1 fully saturated rings. The number of ether oxygens (including phenoxy) is 3. The number of nitrogens with zero attached hydrogens (tertiary/aromatic N) is 3. The maximum atomic E-state index is 13.0. The molecule has 1 amide bonds. The van der Waals surface area contributed by atoms with Gasteiger partial charge in [-0.3, -0.25) is 9.48 Å². The van der Waals surface area contributed by atoms with Crippen molar-refractivity contribution in [3.05, 3.63) is 41.2 Å². The summed E-state index contributed by atoms with van der Waals surface area (Å²) in [6, 6.07) is 7.53. The molecule has 0 N–H and O–H groups in total. The van der Waals surface area contributed by atoms with Crippen LogP contribution in [0.3, 0.4) is 0 Å². The molecular formula is C19H22ClN3O4. The molecule has 3 heterocycles. The Morgan fingerprint density at radius 1 is 1.37 bits per heavy atom. The smallest absolute Gasteiger partial charge is 0.252 e. The second-order valence-electron chi connectivity index (χ2n) is 6.82. The number of halogens is 1. The third-order valence-electron chi connectivity index (χ3n) is 4.70. The van der Waals surface area contributed by atoms with Gasteiger partial charge in [-0.05, 0) is 25.0 Å². The maximum absolute atomic E-state index is 13.0. The average Bonchev–Trinajstić information content (AvgIpc) is 3.30. The standard InChI is InChI=1S/C19H22ClN3O4/c1-22-10-14(20)15(21-22)11-23(19(24)18-7-4-8-25-18)9-13-12-26-16-5-2-3-6-17(16)27-13/h2-3,5-6,10,13,18H,4,7-9,11-12H2,1H3/t13-,18-/m0/s1. The molecule has 1 saturated heterocycles. The molecule has 8 heteroatoms. The number of rotatable bonds is 5.